The zero-order chi connectivity index (χ0) is 22.9. The molecule has 0 unspecified atom stereocenters. The fourth-order valence-electron chi connectivity index (χ4n) is 3.88. The minimum atomic E-state index is -0.795. The number of β-amino-alcohol motifs (C(OH)–C–C–N with tert-alkyl or cyclic N) is 1. The number of imide groups is 1. The minimum Gasteiger partial charge on any atom is -0.392 e. The van der Waals surface area contributed by atoms with Crippen LogP contribution in [0, 0.1) is 12.3 Å². The number of aryl methyl sites for hydroxylation is 1. The lowest BCUT2D eigenvalue weighted by Gasteiger charge is -2.31. The van der Waals surface area contributed by atoms with Crippen molar-refractivity contribution < 1.29 is 14.7 Å². The SMILES string of the molecule is Cc1ncsc1-c1ccc([C@H](C)N2C[C@H](O)C[C@H]2C(=O)NC(=O)[C@@H](N)C(C)(C)C)cc1.Cl. The molecule has 176 valence electrons. The number of nitrogens with two attached hydrogens (primary N) is 1. The summed E-state index contributed by atoms with van der Waals surface area (Å²) < 4.78 is 0. The summed E-state index contributed by atoms with van der Waals surface area (Å²) in [6.45, 7) is 9.93. The highest BCUT2D eigenvalue weighted by Gasteiger charge is 2.40. The fourth-order valence-corrected chi connectivity index (χ4v) is 4.69. The van der Waals surface area contributed by atoms with Crippen LogP contribution in [-0.4, -0.2) is 51.5 Å². The molecule has 1 aromatic heterocycles. The molecule has 0 spiro atoms. The number of aliphatic hydroxyl groups excluding tert-OH is 1. The number of nitrogens with one attached hydrogen (secondary N) is 1. The van der Waals surface area contributed by atoms with Crippen LogP contribution < -0.4 is 11.1 Å². The van der Waals surface area contributed by atoms with Crippen molar-refractivity contribution in [3.63, 3.8) is 0 Å². The van der Waals surface area contributed by atoms with Gasteiger partial charge in [-0.1, -0.05) is 45.0 Å². The van der Waals surface area contributed by atoms with Crippen LogP contribution in [0.3, 0.4) is 0 Å². The van der Waals surface area contributed by atoms with Crippen LogP contribution in [-0.2, 0) is 9.59 Å². The van der Waals surface area contributed by atoms with Crippen molar-refractivity contribution >= 4 is 35.6 Å². The molecule has 7 nitrogen and oxygen atoms in total. The Morgan fingerprint density at radius 3 is 2.44 bits per heavy atom. The van der Waals surface area contributed by atoms with Crippen LogP contribution in [0.5, 0.6) is 0 Å². The Balaban J connectivity index is 0.00000363. The molecule has 1 aliphatic heterocycles. The number of likely N-dealkylation sites (tertiary alicyclic amines) is 1. The van der Waals surface area contributed by atoms with Crippen molar-refractivity contribution in [3.8, 4) is 10.4 Å². The van der Waals surface area contributed by atoms with E-state index in [2.05, 4.69) is 22.4 Å². The Morgan fingerprint density at radius 2 is 1.91 bits per heavy atom. The van der Waals surface area contributed by atoms with Crippen LogP contribution in [0.1, 0.15) is 51.4 Å². The van der Waals surface area contributed by atoms with Crippen LogP contribution in [0.4, 0.5) is 0 Å². The molecule has 32 heavy (non-hydrogen) atoms. The van der Waals surface area contributed by atoms with E-state index in [1.807, 2.05) is 57.2 Å². The Hall–Kier alpha value is -1.84. The summed E-state index contributed by atoms with van der Waals surface area (Å²) in [5.74, 6) is -0.902. The van der Waals surface area contributed by atoms with Crippen molar-refractivity contribution in [2.24, 2.45) is 11.1 Å². The first-order chi connectivity index (χ1) is 14.5. The molecule has 4 atom stereocenters. The van der Waals surface area contributed by atoms with Gasteiger partial charge in [-0.25, -0.2) is 4.98 Å². The average molecular weight is 481 g/mol. The Bertz CT molecular complexity index is 941. The molecule has 9 heteroatoms. The first-order valence-electron chi connectivity index (χ1n) is 10.5. The van der Waals surface area contributed by atoms with Crippen LogP contribution in [0.25, 0.3) is 10.4 Å². The van der Waals surface area contributed by atoms with Gasteiger partial charge < -0.3 is 10.8 Å². The molecule has 1 saturated heterocycles. The second kappa shape index (κ2) is 10.4. The van der Waals surface area contributed by atoms with Gasteiger partial charge in [-0.3, -0.25) is 19.8 Å². The number of carbonyl (C=O) groups excluding carboxylic acids is 2. The molecule has 1 fully saturated rings. The smallest absolute Gasteiger partial charge is 0.244 e. The van der Waals surface area contributed by atoms with Crippen molar-refractivity contribution in [1.29, 1.82) is 0 Å². The first kappa shape index (κ1) is 26.4. The van der Waals surface area contributed by atoms with Gasteiger partial charge in [0.2, 0.25) is 11.8 Å². The molecule has 0 aliphatic carbocycles. The lowest BCUT2D eigenvalue weighted by atomic mass is 9.87. The second-order valence-electron chi connectivity index (χ2n) is 9.36. The van der Waals surface area contributed by atoms with Gasteiger partial charge in [-0.15, -0.1) is 23.7 Å². The van der Waals surface area contributed by atoms with Gasteiger partial charge in [0, 0.05) is 12.6 Å². The van der Waals surface area contributed by atoms with Gasteiger partial charge in [0.1, 0.15) is 0 Å². The van der Waals surface area contributed by atoms with E-state index in [1.54, 1.807) is 11.3 Å². The number of aromatic nitrogens is 1. The lowest BCUT2D eigenvalue weighted by Crippen LogP contribution is -2.54. The molecule has 0 bridgehead atoms. The van der Waals surface area contributed by atoms with E-state index in [4.69, 9.17) is 5.73 Å². The Morgan fingerprint density at radius 1 is 1.28 bits per heavy atom. The standard InChI is InChI=1S/C23H32N4O3S.ClH/c1-13-19(31-12-25-13)16-8-6-15(7-9-16)14(2)27-11-17(28)10-18(27)21(29)26-22(30)20(24)23(3,4)5;/h6-9,12,14,17-18,20,28H,10-11,24H2,1-5H3,(H,26,29,30);1H/t14-,17+,18-,20+;/m0./s1. The summed E-state index contributed by atoms with van der Waals surface area (Å²) in [4.78, 5) is 32.7. The molecule has 1 aromatic carbocycles. The number of hydrogen-bond donors (Lipinski definition) is 3. The van der Waals surface area contributed by atoms with E-state index in [0.29, 0.717) is 6.54 Å². The number of aliphatic hydroxyl groups is 1. The van der Waals surface area contributed by atoms with E-state index in [-0.39, 0.29) is 24.9 Å². The third-order valence-electron chi connectivity index (χ3n) is 5.98. The molecule has 2 aromatic rings. The summed E-state index contributed by atoms with van der Waals surface area (Å²) in [6.07, 6.45) is -0.337. The molecule has 0 radical (unpaired) electrons. The van der Waals surface area contributed by atoms with Gasteiger partial charge in [0.25, 0.3) is 0 Å². The van der Waals surface area contributed by atoms with Crippen molar-refractivity contribution in [2.45, 2.75) is 65.3 Å². The average Bonchev–Trinajstić information content (AvgIpc) is 3.31. The normalized spacial score (nSPS) is 21.0. The van der Waals surface area contributed by atoms with E-state index in [9.17, 15) is 14.7 Å². The number of halogens is 1. The number of hydrogen-bond acceptors (Lipinski definition) is 7. The number of amides is 2. The summed E-state index contributed by atoms with van der Waals surface area (Å²) in [5.41, 5.74) is 10.5. The third-order valence-corrected chi connectivity index (χ3v) is 6.96. The zero-order valence-electron chi connectivity index (χ0n) is 19.2. The van der Waals surface area contributed by atoms with Gasteiger partial charge in [-0.05, 0) is 36.8 Å². The highest BCUT2D eigenvalue weighted by Crippen LogP contribution is 2.32. The molecule has 2 amide bonds. The van der Waals surface area contributed by atoms with Gasteiger partial charge in [0.05, 0.1) is 34.3 Å². The molecular weight excluding hydrogens is 448 g/mol. The highest BCUT2D eigenvalue weighted by molar-refractivity contribution is 7.13. The zero-order valence-corrected chi connectivity index (χ0v) is 20.8. The highest BCUT2D eigenvalue weighted by atomic mass is 35.5. The largest absolute Gasteiger partial charge is 0.392 e. The summed E-state index contributed by atoms with van der Waals surface area (Å²) >= 11 is 1.61. The maximum atomic E-state index is 12.9. The maximum Gasteiger partial charge on any atom is 0.244 e. The Kier molecular flexibility index (Phi) is 8.58. The quantitative estimate of drug-likeness (QED) is 0.607. The molecule has 2 heterocycles. The van der Waals surface area contributed by atoms with Gasteiger partial charge >= 0.3 is 0 Å². The fraction of sp³-hybridized carbons (Fsp3) is 0.522. The number of nitrogens with zero attached hydrogens (tertiary/aromatic N) is 2. The monoisotopic (exact) mass is 480 g/mol. The summed E-state index contributed by atoms with van der Waals surface area (Å²) in [6, 6.07) is 6.70. The lowest BCUT2D eigenvalue weighted by molar-refractivity contribution is -0.135. The van der Waals surface area contributed by atoms with Crippen LogP contribution in [0.2, 0.25) is 0 Å². The third kappa shape index (κ3) is 5.74. The number of rotatable bonds is 5. The van der Waals surface area contributed by atoms with E-state index in [1.165, 1.54) is 0 Å². The summed E-state index contributed by atoms with van der Waals surface area (Å²) in [5, 5.41) is 12.7. The van der Waals surface area contributed by atoms with E-state index in [0.717, 1.165) is 21.7 Å². The van der Waals surface area contributed by atoms with Crippen molar-refractivity contribution in [3.05, 3.63) is 41.0 Å². The van der Waals surface area contributed by atoms with Crippen LogP contribution >= 0.6 is 23.7 Å². The second-order valence-corrected chi connectivity index (χ2v) is 10.2. The molecular formula is C23H33ClN4O3S. The van der Waals surface area contributed by atoms with Crippen LogP contribution in [0.15, 0.2) is 29.8 Å². The first-order valence-corrected chi connectivity index (χ1v) is 11.4. The predicted molar refractivity (Wildman–Crippen MR) is 130 cm³/mol. The topological polar surface area (TPSA) is 109 Å². The number of benzene rings is 1. The molecule has 0 saturated carbocycles. The molecule has 4 N–H and O–H groups in total. The summed E-state index contributed by atoms with van der Waals surface area (Å²) in [7, 11) is 0. The Labute approximate surface area is 199 Å². The molecule has 3 rings (SSSR count). The maximum absolute atomic E-state index is 12.9. The number of carbonyl (C=O) groups is 2. The van der Waals surface area contributed by atoms with E-state index < -0.39 is 35.4 Å². The van der Waals surface area contributed by atoms with Gasteiger partial charge in [-0.2, -0.15) is 0 Å². The van der Waals surface area contributed by atoms with Crippen molar-refractivity contribution in [2.75, 3.05) is 6.54 Å². The minimum absolute atomic E-state index is 0. The predicted octanol–water partition coefficient (Wildman–Crippen LogP) is 3.05. The van der Waals surface area contributed by atoms with E-state index >= 15 is 0 Å². The van der Waals surface area contributed by atoms with Crippen molar-refractivity contribution in [1.82, 2.24) is 15.2 Å². The van der Waals surface area contributed by atoms with Gasteiger partial charge in [0.15, 0.2) is 0 Å². The molecule has 1 aliphatic rings. The number of thiazole rings is 1.